The van der Waals surface area contributed by atoms with Gasteiger partial charge in [-0.1, -0.05) is 6.42 Å². The molecule has 6 heteroatoms. The number of piperazine rings is 1. The second kappa shape index (κ2) is 6.51. The summed E-state index contributed by atoms with van der Waals surface area (Å²) in [6.45, 7) is 5.52. The number of nitrogen functional groups attached to an aromatic ring is 1. The van der Waals surface area contributed by atoms with Gasteiger partial charge >= 0.3 is 0 Å². The number of nitrogens with two attached hydrogens (primary N) is 1. The Morgan fingerprint density at radius 2 is 2.24 bits per heavy atom. The number of carbonyl (C=O) groups is 1. The molecule has 1 amide bonds. The lowest BCUT2D eigenvalue weighted by Crippen LogP contribution is -2.54. The largest absolute Gasteiger partial charge is 0.298 e. The van der Waals surface area contributed by atoms with Gasteiger partial charge in [0.1, 0.15) is 0 Å². The van der Waals surface area contributed by atoms with Crippen molar-refractivity contribution in [3.63, 3.8) is 0 Å². The van der Waals surface area contributed by atoms with Crippen LogP contribution < -0.4 is 11.3 Å². The van der Waals surface area contributed by atoms with Crippen molar-refractivity contribution >= 4 is 5.91 Å². The summed E-state index contributed by atoms with van der Waals surface area (Å²) >= 11 is 0. The Labute approximate surface area is 125 Å². The maximum atomic E-state index is 11.4. The number of hydrogen-bond acceptors (Lipinski definition) is 5. The second-order valence-corrected chi connectivity index (χ2v) is 5.93. The SMILES string of the molecule is NNC(=O)c1ccc(CN2CCN3CCCCC3C2)nc1. The number of nitrogens with zero attached hydrogens (tertiary/aromatic N) is 3. The van der Waals surface area contributed by atoms with Crippen LogP contribution in [0.1, 0.15) is 35.3 Å². The summed E-state index contributed by atoms with van der Waals surface area (Å²) in [4.78, 5) is 20.9. The molecule has 3 rings (SSSR count). The van der Waals surface area contributed by atoms with E-state index in [2.05, 4.69) is 20.2 Å². The molecule has 114 valence electrons. The first kappa shape index (κ1) is 14.4. The van der Waals surface area contributed by atoms with Crippen LogP contribution in [0.3, 0.4) is 0 Å². The Hall–Kier alpha value is -1.50. The molecule has 0 radical (unpaired) electrons. The standard InChI is InChI=1S/C15H23N5O/c16-18-15(21)12-4-5-13(17-9-12)10-19-7-8-20-6-2-1-3-14(20)11-19/h4-5,9,14H,1-3,6-8,10-11,16H2,(H,18,21). The smallest absolute Gasteiger partial charge is 0.266 e. The second-order valence-electron chi connectivity index (χ2n) is 5.93. The minimum atomic E-state index is -0.301. The molecule has 6 nitrogen and oxygen atoms in total. The normalized spacial score (nSPS) is 23.6. The number of rotatable bonds is 3. The minimum Gasteiger partial charge on any atom is -0.298 e. The quantitative estimate of drug-likeness (QED) is 0.477. The average Bonchev–Trinajstić information content (AvgIpc) is 2.55. The fourth-order valence-electron chi connectivity index (χ4n) is 3.33. The topological polar surface area (TPSA) is 74.5 Å². The molecular formula is C15H23N5O. The summed E-state index contributed by atoms with van der Waals surface area (Å²) in [7, 11) is 0. The van der Waals surface area contributed by atoms with Crippen LogP contribution in [0.15, 0.2) is 18.3 Å². The number of hydrogen-bond donors (Lipinski definition) is 2. The van der Waals surface area contributed by atoms with E-state index in [0.717, 1.165) is 31.4 Å². The molecule has 1 aromatic rings. The first-order valence-corrected chi connectivity index (χ1v) is 7.68. The van der Waals surface area contributed by atoms with Crippen molar-refractivity contribution in [2.75, 3.05) is 26.2 Å². The van der Waals surface area contributed by atoms with Gasteiger partial charge in [-0.15, -0.1) is 0 Å². The van der Waals surface area contributed by atoms with E-state index in [1.807, 2.05) is 6.07 Å². The van der Waals surface area contributed by atoms with Crippen LogP contribution in [0.5, 0.6) is 0 Å². The summed E-state index contributed by atoms with van der Waals surface area (Å²) in [5.41, 5.74) is 3.62. The number of fused-ring (bicyclic) bond motifs is 1. The predicted octanol–water partition coefficient (Wildman–Crippen LogP) is 0.355. The van der Waals surface area contributed by atoms with Crippen LogP contribution in [-0.4, -0.2) is 52.9 Å². The Kier molecular flexibility index (Phi) is 4.48. The molecule has 3 N–H and O–H groups in total. The van der Waals surface area contributed by atoms with Gasteiger partial charge in [0.05, 0.1) is 11.3 Å². The molecule has 0 spiro atoms. The van der Waals surface area contributed by atoms with Crippen LogP contribution in [0.2, 0.25) is 0 Å². The summed E-state index contributed by atoms with van der Waals surface area (Å²) < 4.78 is 0. The molecule has 0 aliphatic carbocycles. The van der Waals surface area contributed by atoms with E-state index >= 15 is 0 Å². The first-order chi connectivity index (χ1) is 10.3. The number of hydrazine groups is 1. The van der Waals surface area contributed by atoms with Crippen molar-refractivity contribution in [1.29, 1.82) is 0 Å². The highest BCUT2D eigenvalue weighted by Crippen LogP contribution is 2.21. The lowest BCUT2D eigenvalue weighted by atomic mass is 9.99. The molecule has 1 atom stereocenters. The van der Waals surface area contributed by atoms with Crippen molar-refractivity contribution < 1.29 is 4.79 Å². The lowest BCUT2D eigenvalue weighted by molar-refractivity contribution is 0.0451. The number of amides is 1. The Morgan fingerprint density at radius 1 is 1.33 bits per heavy atom. The Morgan fingerprint density at radius 3 is 3.00 bits per heavy atom. The summed E-state index contributed by atoms with van der Waals surface area (Å²) in [6, 6.07) is 4.41. The van der Waals surface area contributed by atoms with E-state index in [1.165, 1.54) is 32.4 Å². The molecule has 21 heavy (non-hydrogen) atoms. The zero-order chi connectivity index (χ0) is 14.7. The van der Waals surface area contributed by atoms with E-state index in [9.17, 15) is 4.79 Å². The van der Waals surface area contributed by atoms with Gasteiger partial charge in [0.25, 0.3) is 5.91 Å². The fraction of sp³-hybridized carbons (Fsp3) is 0.600. The van der Waals surface area contributed by atoms with Crippen LogP contribution >= 0.6 is 0 Å². The monoisotopic (exact) mass is 289 g/mol. The van der Waals surface area contributed by atoms with Gasteiger partial charge in [-0.25, -0.2) is 5.84 Å². The summed E-state index contributed by atoms with van der Waals surface area (Å²) in [5, 5.41) is 0. The highest BCUT2D eigenvalue weighted by atomic mass is 16.2. The Balaban J connectivity index is 1.58. The van der Waals surface area contributed by atoms with Gasteiger partial charge in [0, 0.05) is 38.4 Å². The first-order valence-electron chi connectivity index (χ1n) is 7.68. The van der Waals surface area contributed by atoms with E-state index in [-0.39, 0.29) is 5.91 Å². The summed E-state index contributed by atoms with van der Waals surface area (Å²) in [6.07, 6.45) is 5.62. The molecule has 1 unspecified atom stereocenters. The Bertz CT molecular complexity index is 489. The molecule has 2 fully saturated rings. The minimum absolute atomic E-state index is 0.301. The van der Waals surface area contributed by atoms with Crippen LogP contribution in [0, 0.1) is 0 Å². The molecule has 0 bridgehead atoms. The number of nitrogens with one attached hydrogen (secondary N) is 1. The molecular weight excluding hydrogens is 266 g/mol. The third-order valence-electron chi connectivity index (χ3n) is 4.53. The number of piperidine rings is 1. The highest BCUT2D eigenvalue weighted by molar-refractivity contribution is 5.93. The maximum Gasteiger partial charge on any atom is 0.266 e. The number of carbonyl (C=O) groups excluding carboxylic acids is 1. The molecule has 3 heterocycles. The third-order valence-corrected chi connectivity index (χ3v) is 4.53. The van der Waals surface area contributed by atoms with Gasteiger partial charge in [-0.3, -0.25) is 25.0 Å². The molecule has 0 saturated carbocycles. The number of pyridine rings is 1. The number of aromatic nitrogens is 1. The molecule has 2 saturated heterocycles. The van der Waals surface area contributed by atoms with Crippen molar-refractivity contribution in [2.45, 2.75) is 31.8 Å². The summed E-state index contributed by atoms with van der Waals surface area (Å²) in [5.74, 6) is 4.81. The zero-order valence-corrected chi connectivity index (χ0v) is 12.3. The van der Waals surface area contributed by atoms with Gasteiger partial charge in [-0.05, 0) is 31.5 Å². The van der Waals surface area contributed by atoms with Gasteiger partial charge in [0.15, 0.2) is 0 Å². The molecule has 2 aliphatic rings. The van der Waals surface area contributed by atoms with Gasteiger partial charge in [0.2, 0.25) is 0 Å². The lowest BCUT2D eigenvalue weighted by Gasteiger charge is -2.44. The third kappa shape index (κ3) is 3.40. The average molecular weight is 289 g/mol. The fourth-order valence-corrected chi connectivity index (χ4v) is 3.33. The van der Waals surface area contributed by atoms with Crippen LogP contribution in [0.25, 0.3) is 0 Å². The van der Waals surface area contributed by atoms with E-state index < -0.39 is 0 Å². The van der Waals surface area contributed by atoms with Crippen LogP contribution in [0.4, 0.5) is 0 Å². The van der Waals surface area contributed by atoms with E-state index in [0.29, 0.717) is 5.56 Å². The van der Waals surface area contributed by atoms with E-state index in [4.69, 9.17) is 5.84 Å². The zero-order valence-electron chi connectivity index (χ0n) is 12.3. The van der Waals surface area contributed by atoms with Crippen molar-refractivity contribution in [2.24, 2.45) is 5.84 Å². The maximum absolute atomic E-state index is 11.4. The van der Waals surface area contributed by atoms with Gasteiger partial charge in [-0.2, -0.15) is 0 Å². The van der Waals surface area contributed by atoms with Crippen molar-refractivity contribution in [3.05, 3.63) is 29.6 Å². The van der Waals surface area contributed by atoms with Crippen molar-refractivity contribution in [3.8, 4) is 0 Å². The van der Waals surface area contributed by atoms with Crippen LogP contribution in [-0.2, 0) is 6.54 Å². The van der Waals surface area contributed by atoms with Crippen molar-refractivity contribution in [1.82, 2.24) is 20.2 Å². The highest BCUT2D eigenvalue weighted by Gasteiger charge is 2.28. The molecule has 1 aromatic heterocycles. The van der Waals surface area contributed by atoms with E-state index in [1.54, 1.807) is 12.3 Å². The molecule has 0 aromatic carbocycles. The molecule has 2 aliphatic heterocycles. The predicted molar refractivity (Wildman–Crippen MR) is 80.4 cm³/mol. The van der Waals surface area contributed by atoms with Gasteiger partial charge < -0.3 is 0 Å².